The Morgan fingerprint density at radius 2 is 1.51 bits per heavy atom. The maximum atomic E-state index is 13.9. The first-order valence-corrected chi connectivity index (χ1v) is 11.8. The van der Waals surface area contributed by atoms with E-state index in [4.69, 9.17) is 27.9 Å². The van der Waals surface area contributed by atoms with Crippen molar-refractivity contribution in [2.24, 2.45) is 11.8 Å². The number of imide groups is 1. The van der Waals surface area contributed by atoms with Crippen molar-refractivity contribution in [3.05, 3.63) is 99.0 Å². The maximum absolute atomic E-state index is 13.9. The van der Waals surface area contributed by atoms with Gasteiger partial charge in [0, 0.05) is 26.7 Å². The van der Waals surface area contributed by atoms with Crippen LogP contribution in [0.15, 0.2) is 66.7 Å². The number of fused-ring (bicyclic) bond motifs is 3. The molecule has 2 heterocycles. The van der Waals surface area contributed by atoms with Gasteiger partial charge in [0.2, 0.25) is 29.0 Å². The minimum atomic E-state index is -2.15. The number of carbonyl (C=O) groups is 4. The van der Waals surface area contributed by atoms with Crippen LogP contribution in [0.4, 0.5) is 5.69 Å². The molecule has 3 aromatic carbocycles. The predicted molar refractivity (Wildman–Crippen MR) is 129 cm³/mol. The van der Waals surface area contributed by atoms with Crippen LogP contribution in [0.5, 0.6) is 0 Å². The van der Waals surface area contributed by atoms with Gasteiger partial charge in [-0.05, 0) is 36.8 Å². The number of rotatable bonds is 2. The number of halogens is 2. The Hall–Kier alpha value is -3.32. The molecule has 2 saturated heterocycles. The molecule has 174 valence electrons. The van der Waals surface area contributed by atoms with Crippen LogP contribution in [0.3, 0.4) is 0 Å². The molecule has 6 rings (SSSR count). The lowest BCUT2D eigenvalue weighted by molar-refractivity contribution is -0.127. The molecule has 1 aliphatic carbocycles. The van der Waals surface area contributed by atoms with E-state index in [-0.39, 0.29) is 16.1 Å². The summed E-state index contributed by atoms with van der Waals surface area (Å²) in [4.78, 5) is 56.3. The third-order valence-corrected chi connectivity index (χ3v) is 7.61. The summed E-state index contributed by atoms with van der Waals surface area (Å²) in [5.74, 6) is -4.88. The molecule has 2 fully saturated rings. The zero-order valence-corrected chi connectivity index (χ0v) is 19.8. The zero-order valence-electron chi connectivity index (χ0n) is 18.3. The topological polar surface area (TPSA) is 80.8 Å². The number of ether oxygens (including phenoxy) is 1. The van der Waals surface area contributed by atoms with Gasteiger partial charge in [-0.2, -0.15) is 0 Å². The second-order valence-electron chi connectivity index (χ2n) is 9.00. The Morgan fingerprint density at radius 3 is 2.14 bits per heavy atom. The molecule has 2 aliphatic heterocycles. The van der Waals surface area contributed by atoms with Crippen LogP contribution >= 0.6 is 23.2 Å². The molecule has 0 aromatic heterocycles. The summed E-state index contributed by atoms with van der Waals surface area (Å²) in [5, 5.41) is 0.585. The van der Waals surface area contributed by atoms with E-state index < -0.39 is 46.9 Å². The van der Waals surface area contributed by atoms with Gasteiger partial charge < -0.3 is 4.74 Å². The fourth-order valence-corrected chi connectivity index (χ4v) is 6.07. The van der Waals surface area contributed by atoms with Crippen molar-refractivity contribution in [2.75, 3.05) is 4.90 Å². The highest BCUT2D eigenvalue weighted by Gasteiger charge is 2.74. The van der Waals surface area contributed by atoms with Crippen molar-refractivity contribution in [1.82, 2.24) is 0 Å². The summed E-state index contributed by atoms with van der Waals surface area (Å²) in [7, 11) is 0. The highest BCUT2D eigenvalue weighted by atomic mass is 35.5. The van der Waals surface area contributed by atoms with E-state index in [9.17, 15) is 19.2 Å². The fraction of sp³-hybridized carbons (Fsp3) is 0.185. The first-order chi connectivity index (χ1) is 16.8. The van der Waals surface area contributed by atoms with Gasteiger partial charge in [-0.25, -0.2) is 4.90 Å². The number of hydrogen-bond acceptors (Lipinski definition) is 5. The average Bonchev–Trinajstić information content (AvgIpc) is 3.39. The van der Waals surface area contributed by atoms with Crippen molar-refractivity contribution >= 4 is 52.3 Å². The second-order valence-corrected chi connectivity index (χ2v) is 9.84. The van der Waals surface area contributed by atoms with Crippen LogP contribution in [0.1, 0.15) is 37.9 Å². The summed E-state index contributed by atoms with van der Waals surface area (Å²) in [6, 6.07) is 18.0. The summed E-state index contributed by atoms with van der Waals surface area (Å²) in [6.07, 6.45) is -1.10. The number of nitrogens with zero attached hydrogens (tertiary/aromatic N) is 1. The molecule has 0 bridgehead atoms. The van der Waals surface area contributed by atoms with Gasteiger partial charge in [0.25, 0.3) is 0 Å². The molecule has 8 heteroatoms. The molecule has 3 aliphatic rings. The van der Waals surface area contributed by atoms with Crippen molar-refractivity contribution in [3.8, 4) is 0 Å². The lowest BCUT2D eigenvalue weighted by atomic mass is 9.77. The SMILES string of the molecule is Cc1cccc(N2C(=O)[C@@H]3[C@@H](C2=O)C2(O[C@H]3c3ccc(Cl)cc3Cl)C(=O)c3ccccc3C2=O)c1. The van der Waals surface area contributed by atoms with E-state index in [1.807, 2.05) is 13.0 Å². The number of anilines is 1. The molecule has 0 unspecified atom stereocenters. The lowest BCUT2D eigenvalue weighted by Gasteiger charge is -2.27. The van der Waals surface area contributed by atoms with Gasteiger partial charge in [0.05, 0.1) is 23.6 Å². The molecule has 3 atom stereocenters. The maximum Gasteiger partial charge on any atom is 0.241 e. The number of ketones is 2. The summed E-state index contributed by atoms with van der Waals surface area (Å²) in [5.41, 5.74) is -0.189. The number of carbonyl (C=O) groups excluding carboxylic acids is 4. The van der Waals surface area contributed by atoms with Crippen molar-refractivity contribution in [2.45, 2.75) is 18.6 Å². The number of amides is 2. The number of hydrogen-bond donors (Lipinski definition) is 0. The summed E-state index contributed by atoms with van der Waals surface area (Å²) >= 11 is 12.5. The molecule has 35 heavy (non-hydrogen) atoms. The largest absolute Gasteiger partial charge is 0.349 e. The smallest absolute Gasteiger partial charge is 0.241 e. The van der Waals surface area contributed by atoms with Crippen LogP contribution in [0.25, 0.3) is 0 Å². The average molecular weight is 506 g/mol. The Balaban J connectivity index is 1.57. The molecule has 2 amide bonds. The minimum Gasteiger partial charge on any atom is -0.349 e. The van der Waals surface area contributed by atoms with Gasteiger partial charge in [-0.3, -0.25) is 19.2 Å². The zero-order chi connectivity index (χ0) is 24.6. The van der Waals surface area contributed by atoms with Crippen molar-refractivity contribution < 1.29 is 23.9 Å². The first-order valence-electron chi connectivity index (χ1n) is 11.0. The van der Waals surface area contributed by atoms with E-state index >= 15 is 0 Å². The van der Waals surface area contributed by atoms with Crippen LogP contribution in [0, 0.1) is 18.8 Å². The first kappa shape index (κ1) is 22.2. The highest BCUT2D eigenvalue weighted by molar-refractivity contribution is 6.37. The third kappa shape index (κ3) is 2.88. The summed E-state index contributed by atoms with van der Waals surface area (Å²) in [6.45, 7) is 1.84. The van der Waals surface area contributed by atoms with Gasteiger partial charge in [-0.1, -0.05) is 65.7 Å². The molecule has 6 nitrogen and oxygen atoms in total. The van der Waals surface area contributed by atoms with Gasteiger partial charge >= 0.3 is 0 Å². The molecular weight excluding hydrogens is 489 g/mol. The second kappa shape index (κ2) is 7.59. The van der Waals surface area contributed by atoms with E-state index in [1.54, 1.807) is 42.5 Å². The molecule has 3 aromatic rings. The Bertz CT molecular complexity index is 1450. The highest BCUT2D eigenvalue weighted by Crippen LogP contribution is 2.58. The molecular formula is C27H17Cl2NO5. The third-order valence-electron chi connectivity index (χ3n) is 7.05. The van der Waals surface area contributed by atoms with E-state index in [0.717, 1.165) is 10.5 Å². The minimum absolute atomic E-state index is 0.174. The van der Waals surface area contributed by atoms with Crippen LogP contribution < -0.4 is 4.90 Å². The summed E-state index contributed by atoms with van der Waals surface area (Å²) < 4.78 is 6.24. The number of Topliss-reactive ketones (excluding diaryl/α,β-unsaturated/α-hetero) is 2. The quantitative estimate of drug-likeness (QED) is 0.361. The normalized spacial score (nSPS) is 24.4. The lowest BCUT2D eigenvalue weighted by Crippen LogP contribution is -2.51. The predicted octanol–water partition coefficient (Wildman–Crippen LogP) is 5.00. The van der Waals surface area contributed by atoms with Crippen molar-refractivity contribution in [1.29, 1.82) is 0 Å². The van der Waals surface area contributed by atoms with E-state index in [1.165, 1.54) is 18.2 Å². The van der Waals surface area contributed by atoms with Crippen LogP contribution in [-0.4, -0.2) is 29.0 Å². The molecule has 0 saturated carbocycles. The van der Waals surface area contributed by atoms with Gasteiger partial charge in [-0.15, -0.1) is 0 Å². The van der Waals surface area contributed by atoms with E-state index in [0.29, 0.717) is 16.3 Å². The number of benzene rings is 3. The molecule has 0 radical (unpaired) electrons. The Labute approximate surface area is 210 Å². The standard InChI is InChI=1S/C27H17Cl2NO5/c1-13-5-4-6-15(11-13)30-25(33)20-21(26(30)34)27(23(31)16-7-2-3-8-17(16)24(27)32)35-22(20)18-10-9-14(28)12-19(18)29/h2-12,20-22H,1H3/t20-,21+,22+/m1/s1. The number of aryl methyl sites for hydroxylation is 1. The van der Waals surface area contributed by atoms with E-state index in [2.05, 4.69) is 0 Å². The van der Waals surface area contributed by atoms with Gasteiger partial charge in [0.15, 0.2) is 0 Å². The Morgan fingerprint density at radius 1 is 0.829 bits per heavy atom. The van der Waals surface area contributed by atoms with Crippen LogP contribution in [-0.2, 0) is 14.3 Å². The Kier molecular flexibility index (Phi) is 4.81. The fourth-order valence-electron chi connectivity index (χ4n) is 5.55. The van der Waals surface area contributed by atoms with Gasteiger partial charge in [0.1, 0.15) is 0 Å². The van der Waals surface area contributed by atoms with Crippen LogP contribution in [0.2, 0.25) is 10.0 Å². The monoisotopic (exact) mass is 505 g/mol. The molecule has 0 N–H and O–H groups in total. The van der Waals surface area contributed by atoms with Crippen molar-refractivity contribution in [3.63, 3.8) is 0 Å². The molecule has 1 spiro atoms.